The van der Waals surface area contributed by atoms with E-state index in [9.17, 15) is 0 Å². The monoisotopic (exact) mass is 244 g/mol. The van der Waals surface area contributed by atoms with Crippen LogP contribution in [-0.4, -0.2) is 30.6 Å². The molecule has 1 N–H and O–H groups in total. The highest BCUT2D eigenvalue weighted by Crippen LogP contribution is 2.35. The topological polar surface area (TPSA) is 24.5 Å². The van der Waals surface area contributed by atoms with E-state index >= 15 is 0 Å². The first-order chi connectivity index (χ1) is 8.90. The van der Waals surface area contributed by atoms with E-state index in [1.807, 2.05) is 0 Å². The van der Waals surface area contributed by atoms with E-state index in [1.54, 1.807) is 0 Å². The van der Waals surface area contributed by atoms with Crippen molar-refractivity contribution in [3.63, 3.8) is 0 Å². The predicted molar refractivity (Wildman–Crippen MR) is 70.3 cm³/mol. The molecule has 0 spiro atoms. The van der Waals surface area contributed by atoms with Crippen molar-refractivity contribution >= 4 is 0 Å². The molecule has 3 aliphatic rings. The van der Waals surface area contributed by atoms with Crippen LogP contribution in [-0.2, 0) is 17.8 Å². The first-order valence-electron chi connectivity index (χ1n) is 7.08. The van der Waals surface area contributed by atoms with Crippen molar-refractivity contribution in [1.82, 2.24) is 10.2 Å². The molecule has 4 rings (SSSR count). The smallest absolute Gasteiger partial charge is 0.0949 e. The predicted octanol–water partition coefficient (Wildman–Crippen LogP) is 1.83. The standard InChI is InChI=1S/C15H20N2O/c1-2-12-9-17(14-3-4-14)10-13(12)7-11(1)15-8-16-5-6-18-15/h1-2,7,14-16H,3-6,8-10H2. The van der Waals surface area contributed by atoms with Crippen LogP contribution in [0, 0.1) is 0 Å². The van der Waals surface area contributed by atoms with Gasteiger partial charge in [-0.2, -0.15) is 0 Å². The van der Waals surface area contributed by atoms with E-state index in [0.717, 1.165) is 38.8 Å². The van der Waals surface area contributed by atoms with Gasteiger partial charge in [0.1, 0.15) is 0 Å². The number of fused-ring (bicyclic) bond motifs is 1. The van der Waals surface area contributed by atoms with Crippen LogP contribution in [0.15, 0.2) is 18.2 Å². The summed E-state index contributed by atoms with van der Waals surface area (Å²) in [5.41, 5.74) is 4.39. The second-order valence-corrected chi connectivity index (χ2v) is 5.73. The minimum Gasteiger partial charge on any atom is -0.371 e. The zero-order valence-electron chi connectivity index (χ0n) is 10.7. The Hall–Kier alpha value is -0.900. The van der Waals surface area contributed by atoms with Gasteiger partial charge in [0, 0.05) is 32.2 Å². The van der Waals surface area contributed by atoms with Crippen molar-refractivity contribution in [1.29, 1.82) is 0 Å². The zero-order valence-corrected chi connectivity index (χ0v) is 10.7. The van der Waals surface area contributed by atoms with Gasteiger partial charge in [-0.3, -0.25) is 4.90 Å². The fourth-order valence-electron chi connectivity index (χ4n) is 3.12. The van der Waals surface area contributed by atoms with Crippen LogP contribution < -0.4 is 5.32 Å². The molecule has 3 nitrogen and oxygen atoms in total. The number of nitrogens with zero attached hydrogens (tertiary/aromatic N) is 1. The minimum absolute atomic E-state index is 0.249. The Kier molecular flexibility index (Phi) is 2.64. The van der Waals surface area contributed by atoms with Gasteiger partial charge >= 0.3 is 0 Å². The van der Waals surface area contributed by atoms with Crippen molar-refractivity contribution in [2.75, 3.05) is 19.7 Å². The highest BCUT2D eigenvalue weighted by molar-refractivity contribution is 5.36. The quantitative estimate of drug-likeness (QED) is 0.859. The van der Waals surface area contributed by atoms with Crippen LogP contribution in [0.25, 0.3) is 0 Å². The van der Waals surface area contributed by atoms with E-state index in [1.165, 1.54) is 29.5 Å². The lowest BCUT2D eigenvalue weighted by Gasteiger charge is -2.24. The molecule has 1 unspecified atom stereocenters. The van der Waals surface area contributed by atoms with Crippen LogP contribution in [0.1, 0.15) is 35.6 Å². The molecule has 18 heavy (non-hydrogen) atoms. The van der Waals surface area contributed by atoms with E-state index < -0.39 is 0 Å². The maximum Gasteiger partial charge on any atom is 0.0949 e. The molecule has 0 aromatic heterocycles. The summed E-state index contributed by atoms with van der Waals surface area (Å²) in [6.45, 7) is 5.07. The van der Waals surface area contributed by atoms with Crippen molar-refractivity contribution in [2.24, 2.45) is 0 Å². The van der Waals surface area contributed by atoms with E-state index in [2.05, 4.69) is 28.4 Å². The summed E-state index contributed by atoms with van der Waals surface area (Å²) in [6.07, 6.45) is 3.05. The molecule has 1 saturated carbocycles. The third-order valence-electron chi connectivity index (χ3n) is 4.34. The van der Waals surface area contributed by atoms with Gasteiger partial charge in [-0.1, -0.05) is 18.2 Å². The van der Waals surface area contributed by atoms with E-state index in [0.29, 0.717) is 0 Å². The second-order valence-electron chi connectivity index (χ2n) is 5.73. The van der Waals surface area contributed by atoms with Crippen LogP contribution in [0.3, 0.4) is 0 Å². The van der Waals surface area contributed by atoms with Gasteiger partial charge in [0.05, 0.1) is 12.7 Å². The van der Waals surface area contributed by atoms with Gasteiger partial charge in [0.2, 0.25) is 0 Å². The average Bonchev–Trinajstić information content (AvgIpc) is 3.19. The first kappa shape index (κ1) is 11.0. The van der Waals surface area contributed by atoms with Crippen LogP contribution in [0.4, 0.5) is 0 Å². The number of nitrogens with one attached hydrogen (secondary N) is 1. The molecule has 1 saturated heterocycles. The maximum absolute atomic E-state index is 5.83. The first-order valence-corrected chi connectivity index (χ1v) is 7.08. The van der Waals surface area contributed by atoms with Gasteiger partial charge in [-0.25, -0.2) is 0 Å². The molecule has 96 valence electrons. The fraction of sp³-hybridized carbons (Fsp3) is 0.600. The van der Waals surface area contributed by atoms with Crippen LogP contribution in [0.2, 0.25) is 0 Å². The third-order valence-corrected chi connectivity index (χ3v) is 4.34. The van der Waals surface area contributed by atoms with Crippen molar-refractivity contribution in [3.05, 3.63) is 34.9 Å². The van der Waals surface area contributed by atoms with Crippen LogP contribution >= 0.6 is 0 Å². The molecule has 1 aromatic carbocycles. The lowest BCUT2D eigenvalue weighted by atomic mass is 10.0. The Labute approximate surface area is 108 Å². The number of ether oxygens (including phenoxy) is 1. The number of hydrogen-bond acceptors (Lipinski definition) is 3. The normalized spacial score (nSPS) is 28.3. The summed E-state index contributed by atoms with van der Waals surface area (Å²) >= 11 is 0. The Balaban J connectivity index is 1.55. The summed E-state index contributed by atoms with van der Waals surface area (Å²) in [4.78, 5) is 2.62. The van der Waals surface area contributed by atoms with Crippen LogP contribution in [0.5, 0.6) is 0 Å². The Morgan fingerprint density at radius 3 is 2.83 bits per heavy atom. The third kappa shape index (κ3) is 1.96. The highest BCUT2D eigenvalue weighted by atomic mass is 16.5. The zero-order chi connectivity index (χ0) is 11.9. The summed E-state index contributed by atoms with van der Waals surface area (Å²) in [7, 11) is 0. The average molecular weight is 244 g/mol. The molecular weight excluding hydrogens is 224 g/mol. The fourth-order valence-corrected chi connectivity index (χ4v) is 3.12. The molecule has 2 heterocycles. The molecular formula is C15H20N2O. The van der Waals surface area contributed by atoms with Crippen molar-refractivity contribution < 1.29 is 4.74 Å². The van der Waals surface area contributed by atoms with Gasteiger partial charge in [0.15, 0.2) is 0 Å². The number of morpholine rings is 1. The second kappa shape index (κ2) is 4.34. The SMILES string of the molecule is c1cc2c(cc1C1CNCCO1)CN(C1CC1)C2. The highest BCUT2D eigenvalue weighted by Gasteiger charge is 2.33. The Bertz CT molecular complexity index is 450. The summed E-state index contributed by atoms with van der Waals surface area (Å²) in [6, 6.07) is 7.81. The lowest BCUT2D eigenvalue weighted by molar-refractivity contribution is 0.0276. The molecule has 2 fully saturated rings. The summed E-state index contributed by atoms with van der Waals surface area (Å²) in [5, 5.41) is 3.40. The Morgan fingerprint density at radius 1 is 1.17 bits per heavy atom. The van der Waals surface area contributed by atoms with Gasteiger partial charge in [0.25, 0.3) is 0 Å². The van der Waals surface area contributed by atoms with Crippen molar-refractivity contribution in [3.8, 4) is 0 Å². The number of benzene rings is 1. The van der Waals surface area contributed by atoms with E-state index in [4.69, 9.17) is 4.74 Å². The van der Waals surface area contributed by atoms with Gasteiger partial charge < -0.3 is 10.1 Å². The summed E-state index contributed by atoms with van der Waals surface area (Å²) in [5.74, 6) is 0. The van der Waals surface area contributed by atoms with Gasteiger partial charge in [-0.05, 0) is 29.5 Å². The molecule has 1 atom stereocenters. The maximum atomic E-state index is 5.83. The molecule has 1 aliphatic carbocycles. The largest absolute Gasteiger partial charge is 0.371 e. The minimum atomic E-state index is 0.249. The van der Waals surface area contributed by atoms with E-state index in [-0.39, 0.29) is 6.10 Å². The van der Waals surface area contributed by atoms with Gasteiger partial charge in [-0.15, -0.1) is 0 Å². The number of hydrogen-bond donors (Lipinski definition) is 1. The molecule has 0 amide bonds. The number of rotatable bonds is 2. The molecule has 0 bridgehead atoms. The summed E-state index contributed by atoms with van der Waals surface area (Å²) < 4.78 is 5.83. The van der Waals surface area contributed by atoms with Crippen molar-refractivity contribution in [2.45, 2.75) is 38.1 Å². The Morgan fingerprint density at radius 2 is 2.06 bits per heavy atom. The molecule has 3 heteroatoms. The molecule has 1 aromatic rings. The molecule has 0 radical (unpaired) electrons. The molecule has 2 aliphatic heterocycles. The lowest BCUT2D eigenvalue weighted by Crippen LogP contribution is -2.33.